The number of anilines is 2. The Balaban J connectivity index is 1.67. The van der Waals surface area contributed by atoms with Crippen LogP contribution in [0.4, 0.5) is 11.4 Å². The molecule has 3 heterocycles. The minimum Gasteiger partial charge on any atom is -0.324 e. The molecule has 0 saturated carbocycles. The number of rotatable bonds is 1. The smallest absolute Gasteiger partial charge is 0.250 e. The normalized spacial score (nSPS) is 31.4. The Labute approximate surface area is 164 Å². The fourth-order valence-corrected chi connectivity index (χ4v) is 5.18. The summed E-state index contributed by atoms with van der Waals surface area (Å²) in [5.41, 5.74) is 0.715. The second-order valence-corrected chi connectivity index (χ2v) is 8.15. The monoisotopic (exact) mass is 425 g/mol. The molecule has 4 atom stereocenters. The van der Waals surface area contributed by atoms with E-state index in [4.69, 9.17) is 0 Å². The molecule has 3 aliphatic rings. The third-order valence-electron chi connectivity index (χ3n) is 5.84. The Morgan fingerprint density at radius 2 is 1.81 bits per heavy atom. The highest BCUT2D eigenvalue weighted by Crippen LogP contribution is 2.53. The highest BCUT2D eigenvalue weighted by Gasteiger charge is 2.69. The first-order chi connectivity index (χ1) is 12.9. The van der Waals surface area contributed by atoms with Gasteiger partial charge in [-0.15, -0.1) is 0 Å². The van der Waals surface area contributed by atoms with Gasteiger partial charge in [0.2, 0.25) is 17.7 Å². The maximum absolute atomic E-state index is 13.4. The lowest BCUT2D eigenvalue weighted by atomic mass is 9.76. The van der Waals surface area contributed by atoms with Crippen molar-refractivity contribution < 1.29 is 14.4 Å². The summed E-state index contributed by atoms with van der Waals surface area (Å²) in [6, 6.07) is 14.1. The van der Waals surface area contributed by atoms with Gasteiger partial charge in [0.1, 0.15) is 5.54 Å². The fraction of sp³-hybridized carbons (Fsp3) is 0.250. The number of hydrogen-bond donors (Lipinski definition) is 2. The molecule has 0 unspecified atom stereocenters. The van der Waals surface area contributed by atoms with Crippen LogP contribution in [0.2, 0.25) is 0 Å². The fourth-order valence-electron chi connectivity index (χ4n) is 4.79. The summed E-state index contributed by atoms with van der Waals surface area (Å²) in [7, 11) is 0. The quantitative estimate of drug-likeness (QED) is 0.687. The van der Waals surface area contributed by atoms with Crippen LogP contribution in [0.5, 0.6) is 0 Å². The molecule has 0 radical (unpaired) electrons. The molecule has 0 bridgehead atoms. The lowest BCUT2D eigenvalue weighted by Gasteiger charge is -2.29. The largest absolute Gasteiger partial charge is 0.324 e. The van der Waals surface area contributed by atoms with Crippen molar-refractivity contribution in [3.05, 3.63) is 58.6 Å². The summed E-state index contributed by atoms with van der Waals surface area (Å²) in [6.45, 7) is 1.86. The van der Waals surface area contributed by atoms with Crippen LogP contribution in [0.3, 0.4) is 0 Å². The van der Waals surface area contributed by atoms with Gasteiger partial charge in [-0.1, -0.05) is 40.2 Å². The second-order valence-electron chi connectivity index (χ2n) is 7.24. The lowest BCUT2D eigenvalue weighted by Crippen LogP contribution is -2.53. The zero-order chi connectivity index (χ0) is 18.9. The van der Waals surface area contributed by atoms with Crippen molar-refractivity contribution in [2.75, 3.05) is 10.2 Å². The van der Waals surface area contributed by atoms with Gasteiger partial charge in [0.15, 0.2) is 0 Å². The van der Waals surface area contributed by atoms with Crippen LogP contribution in [0, 0.1) is 11.8 Å². The van der Waals surface area contributed by atoms with Gasteiger partial charge in [-0.2, -0.15) is 0 Å². The molecule has 136 valence electrons. The molecular formula is C20H16BrN3O3. The van der Waals surface area contributed by atoms with Crippen LogP contribution in [0.25, 0.3) is 0 Å². The topological polar surface area (TPSA) is 78.5 Å². The Bertz CT molecular complexity index is 1020. The van der Waals surface area contributed by atoms with E-state index in [0.29, 0.717) is 11.4 Å². The van der Waals surface area contributed by atoms with Crippen LogP contribution in [-0.2, 0) is 19.9 Å². The Hall–Kier alpha value is -2.51. The van der Waals surface area contributed by atoms with Crippen LogP contribution in [0.1, 0.15) is 12.5 Å². The van der Waals surface area contributed by atoms with Gasteiger partial charge in [-0.05, 0) is 31.2 Å². The molecule has 0 aromatic heterocycles. The first-order valence-corrected chi connectivity index (χ1v) is 9.56. The number of carbonyl (C=O) groups excluding carboxylic acids is 3. The molecular weight excluding hydrogens is 410 g/mol. The zero-order valence-electron chi connectivity index (χ0n) is 14.4. The van der Waals surface area contributed by atoms with E-state index in [1.165, 1.54) is 4.90 Å². The summed E-state index contributed by atoms with van der Waals surface area (Å²) >= 11 is 3.39. The van der Waals surface area contributed by atoms with Crippen molar-refractivity contribution in [1.29, 1.82) is 0 Å². The van der Waals surface area contributed by atoms with Gasteiger partial charge in [0.25, 0.3) is 0 Å². The van der Waals surface area contributed by atoms with Crippen molar-refractivity contribution in [3.8, 4) is 0 Å². The number of benzene rings is 2. The van der Waals surface area contributed by atoms with Gasteiger partial charge >= 0.3 is 0 Å². The number of amides is 3. The molecule has 0 aliphatic carbocycles. The predicted octanol–water partition coefficient (Wildman–Crippen LogP) is 2.39. The van der Waals surface area contributed by atoms with E-state index in [0.717, 1.165) is 10.0 Å². The molecule has 2 aromatic rings. The summed E-state index contributed by atoms with van der Waals surface area (Å²) < 4.78 is 0.780. The van der Waals surface area contributed by atoms with Crippen LogP contribution < -0.4 is 15.5 Å². The highest BCUT2D eigenvalue weighted by atomic mass is 79.9. The van der Waals surface area contributed by atoms with Crippen LogP contribution >= 0.6 is 15.9 Å². The highest BCUT2D eigenvalue weighted by molar-refractivity contribution is 9.10. The molecule has 6 nitrogen and oxygen atoms in total. The Kier molecular flexibility index (Phi) is 3.39. The standard InChI is InChI=1S/C20H16BrN3O3/c1-10-15-16(18(26)24(17(15)25)12-6-4-5-11(21)9-12)20(23-10)13-7-2-3-8-14(13)22-19(20)27/h2-10,15-16,23H,1H3,(H,22,27)/t10-,15+,16+,20-/m1/s1. The molecule has 3 amide bonds. The molecule has 2 fully saturated rings. The molecule has 1 spiro atoms. The molecule has 2 aromatic carbocycles. The van der Waals surface area contributed by atoms with Gasteiger partial charge in [-0.25, -0.2) is 4.90 Å². The van der Waals surface area contributed by atoms with Crippen molar-refractivity contribution >= 4 is 45.0 Å². The van der Waals surface area contributed by atoms with E-state index in [1.54, 1.807) is 18.2 Å². The number of nitrogens with one attached hydrogen (secondary N) is 2. The van der Waals surface area contributed by atoms with Crippen LogP contribution in [0.15, 0.2) is 53.0 Å². The Morgan fingerprint density at radius 1 is 1.04 bits per heavy atom. The summed E-state index contributed by atoms with van der Waals surface area (Å²) in [5, 5.41) is 6.16. The first kappa shape index (κ1) is 16.6. The van der Waals surface area contributed by atoms with Crippen molar-refractivity contribution in [2.45, 2.75) is 18.5 Å². The molecule has 7 heteroatoms. The summed E-state index contributed by atoms with van der Waals surface area (Å²) in [6.07, 6.45) is 0. The number of carbonyl (C=O) groups is 3. The minimum absolute atomic E-state index is 0.267. The maximum Gasteiger partial charge on any atom is 0.250 e. The molecule has 3 aliphatic heterocycles. The van der Waals surface area contributed by atoms with Crippen molar-refractivity contribution in [2.24, 2.45) is 11.8 Å². The number of imide groups is 1. The number of para-hydroxylation sites is 1. The average Bonchev–Trinajstić information content (AvgIpc) is 3.20. The van der Waals surface area contributed by atoms with E-state index in [1.807, 2.05) is 37.3 Å². The van der Waals surface area contributed by atoms with E-state index >= 15 is 0 Å². The molecule has 2 saturated heterocycles. The third-order valence-corrected chi connectivity index (χ3v) is 6.33. The van der Waals surface area contributed by atoms with Crippen molar-refractivity contribution in [3.63, 3.8) is 0 Å². The molecule has 2 N–H and O–H groups in total. The summed E-state index contributed by atoms with van der Waals surface area (Å²) in [4.78, 5) is 40.9. The van der Waals surface area contributed by atoms with Gasteiger partial charge in [-0.3, -0.25) is 19.7 Å². The predicted molar refractivity (Wildman–Crippen MR) is 103 cm³/mol. The number of fused-ring (bicyclic) bond motifs is 4. The number of nitrogens with zero attached hydrogens (tertiary/aromatic N) is 1. The minimum atomic E-state index is -1.21. The van der Waals surface area contributed by atoms with Crippen LogP contribution in [-0.4, -0.2) is 23.8 Å². The van der Waals surface area contributed by atoms with E-state index in [9.17, 15) is 14.4 Å². The van der Waals surface area contributed by atoms with Gasteiger partial charge < -0.3 is 5.32 Å². The van der Waals surface area contributed by atoms with E-state index in [-0.39, 0.29) is 23.8 Å². The molecule has 27 heavy (non-hydrogen) atoms. The van der Waals surface area contributed by atoms with Gasteiger partial charge in [0.05, 0.1) is 17.5 Å². The SMILES string of the molecule is C[C@H]1N[C@@]2(C(=O)Nc3ccccc32)[C@@H]2C(=O)N(c3cccc(Br)c3)C(=O)[C@H]21. The third kappa shape index (κ3) is 2.01. The number of hydrogen-bond acceptors (Lipinski definition) is 4. The Morgan fingerprint density at radius 3 is 2.59 bits per heavy atom. The number of halogens is 1. The van der Waals surface area contributed by atoms with E-state index < -0.39 is 17.4 Å². The summed E-state index contributed by atoms with van der Waals surface area (Å²) in [5.74, 6) is -2.25. The lowest BCUT2D eigenvalue weighted by molar-refractivity contribution is -0.130. The second kappa shape index (κ2) is 5.50. The van der Waals surface area contributed by atoms with E-state index in [2.05, 4.69) is 26.6 Å². The first-order valence-electron chi connectivity index (χ1n) is 8.77. The molecule has 5 rings (SSSR count). The zero-order valence-corrected chi connectivity index (χ0v) is 16.0. The van der Waals surface area contributed by atoms with Gasteiger partial charge in [0, 0.05) is 21.8 Å². The maximum atomic E-state index is 13.4. The average molecular weight is 426 g/mol. The van der Waals surface area contributed by atoms with Crippen molar-refractivity contribution in [1.82, 2.24) is 5.32 Å².